The van der Waals surface area contributed by atoms with Gasteiger partial charge in [-0.15, -0.1) is 0 Å². The molecule has 0 heterocycles. The van der Waals surface area contributed by atoms with Crippen molar-refractivity contribution in [1.29, 1.82) is 5.26 Å². The van der Waals surface area contributed by atoms with Crippen LogP contribution in [0.4, 0.5) is 17.1 Å². The number of carbonyl (C=O) groups is 2. The molecule has 6 nitrogen and oxygen atoms in total. The number of anilines is 3. The summed E-state index contributed by atoms with van der Waals surface area (Å²) in [6, 6.07) is 22.6. The van der Waals surface area contributed by atoms with Gasteiger partial charge in [0.05, 0.1) is 11.6 Å². The molecule has 0 aliphatic carbocycles. The van der Waals surface area contributed by atoms with Gasteiger partial charge in [-0.2, -0.15) is 5.26 Å². The molecule has 3 aromatic rings. The summed E-state index contributed by atoms with van der Waals surface area (Å²) in [6.07, 6.45) is 0. The molecule has 0 aliphatic rings. The van der Waals surface area contributed by atoms with Crippen LogP contribution in [0.25, 0.3) is 0 Å². The highest BCUT2D eigenvalue weighted by Gasteiger charge is 2.11. The van der Waals surface area contributed by atoms with E-state index in [0.29, 0.717) is 28.1 Å². The molecule has 3 rings (SSSR count). The Kier molecular flexibility index (Phi) is 5.91. The van der Waals surface area contributed by atoms with Crippen LogP contribution < -0.4 is 15.5 Å². The van der Waals surface area contributed by atoms with E-state index in [1.54, 1.807) is 42.5 Å². The van der Waals surface area contributed by atoms with Crippen LogP contribution in [0.3, 0.4) is 0 Å². The molecule has 0 aromatic heterocycles. The second-order valence-electron chi connectivity index (χ2n) is 6.62. The van der Waals surface area contributed by atoms with E-state index in [1.165, 1.54) is 6.07 Å². The van der Waals surface area contributed by atoms with Crippen molar-refractivity contribution in [2.24, 2.45) is 0 Å². The van der Waals surface area contributed by atoms with Crippen molar-refractivity contribution < 1.29 is 9.59 Å². The quantitative estimate of drug-likeness (QED) is 0.693. The van der Waals surface area contributed by atoms with E-state index in [9.17, 15) is 9.59 Å². The van der Waals surface area contributed by atoms with Crippen LogP contribution in [0.2, 0.25) is 0 Å². The highest BCUT2D eigenvalue weighted by Crippen LogP contribution is 2.17. The normalized spacial score (nSPS) is 9.97. The summed E-state index contributed by atoms with van der Waals surface area (Å²) in [5.74, 6) is -0.659. The first-order chi connectivity index (χ1) is 14.0. The summed E-state index contributed by atoms with van der Waals surface area (Å²) in [5.41, 5.74) is 3.40. The number of carbonyl (C=O) groups excluding carboxylic acids is 2. The molecule has 2 amide bonds. The summed E-state index contributed by atoms with van der Waals surface area (Å²) in [5, 5.41) is 14.5. The molecule has 0 fully saturated rings. The van der Waals surface area contributed by atoms with Gasteiger partial charge in [-0.05, 0) is 60.7 Å². The van der Waals surface area contributed by atoms with Gasteiger partial charge in [0.25, 0.3) is 11.8 Å². The average Bonchev–Trinajstić information content (AvgIpc) is 2.74. The van der Waals surface area contributed by atoms with Gasteiger partial charge in [-0.1, -0.05) is 12.1 Å². The Hall–Kier alpha value is -4.11. The molecule has 2 N–H and O–H groups in total. The third-order valence-electron chi connectivity index (χ3n) is 4.28. The Morgan fingerprint density at radius 1 is 0.793 bits per heavy atom. The summed E-state index contributed by atoms with van der Waals surface area (Å²) in [7, 11) is 3.89. The van der Waals surface area contributed by atoms with Crippen LogP contribution in [-0.2, 0) is 0 Å². The van der Waals surface area contributed by atoms with Crippen LogP contribution in [-0.4, -0.2) is 25.9 Å². The van der Waals surface area contributed by atoms with Crippen LogP contribution in [0.1, 0.15) is 26.3 Å². The van der Waals surface area contributed by atoms with Crippen LogP contribution in [0.15, 0.2) is 72.8 Å². The minimum atomic E-state index is -0.356. The molecule has 0 atom stereocenters. The van der Waals surface area contributed by atoms with Crippen molar-refractivity contribution in [3.05, 3.63) is 89.5 Å². The van der Waals surface area contributed by atoms with E-state index in [-0.39, 0.29) is 11.8 Å². The number of nitriles is 1. The molecular formula is C23H20N4O2. The molecule has 0 unspecified atom stereocenters. The maximum absolute atomic E-state index is 12.6. The fourth-order valence-corrected chi connectivity index (χ4v) is 2.72. The number of hydrogen-bond donors (Lipinski definition) is 2. The Labute approximate surface area is 169 Å². The highest BCUT2D eigenvalue weighted by molar-refractivity contribution is 6.08. The number of nitrogens with zero attached hydrogens (tertiary/aromatic N) is 2. The summed E-state index contributed by atoms with van der Waals surface area (Å²) in [6.45, 7) is 0. The molecule has 0 radical (unpaired) electrons. The predicted octanol–water partition coefficient (Wildman–Crippen LogP) is 4.13. The monoisotopic (exact) mass is 384 g/mol. The number of hydrogen-bond acceptors (Lipinski definition) is 4. The minimum absolute atomic E-state index is 0.302. The van der Waals surface area contributed by atoms with Crippen LogP contribution in [0.5, 0.6) is 0 Å². The first-order valence-corrected chi connectivity index (χ1v) is 8.96. The molecule has 0 bridgehead atoms. The predicted molar refractivity (Wildman–Crippen MR) is 114 cm³/mol. The zero-order chi connectivity index (χ0) is 20.8. The smallest absolute Gasteiger partial charge is 0.255 e. The van der Waals surface area contributed by atoms with E-state index < -0.39 is 0 Å². The number of rotatable bonds is 5. The summed E-state index contributed by atoms with van der Waals surface area (Å²) < 4.78 is 0. The van der Waals surface area contributed by atoms with Gasteiger partial charge in [0, 0.05) is 42.3 Å². The molecule has 6 heteroatoms. The summed E-state index contributed by atoms with van der Waals surface area (Å²) in [4.78, 5) is 27.1. The van der Waals surface area contributed by atoms with Gasteiger partial charge < -0.3 is 15.5 Å². The van der Waals surface area contributed by atoms with Gasteiger partial charge in [-0.25, -0.2) is 0 Å². The number of nitrogens with one attached hydrogen (secondary N) is 2. The van der Waals surface area contributed by atoms with Gasteiger partial charge in [0.1, 0.15) is 0 Å². The molecule has 29 heavy (non-hydrogen) atoms. The van der Waals surface area contributed by atoms with Gasteiger partial charge in [0.15, 0.2) is 0 Å². The minimum Gasteiger partial charge on any atom is -0.378 e. The Morgan fingerprint density at radius 3 is 1.97 bits per heavy atom. The molecule has 0 aliphatic heterocycles. The zero-order valence-corrected chi connectivity index (χ0v) is 16.1. The third-order valence-corrected chi connectivity index (χ3v) is 4.28. The topological polar surface area (TPSA) is 85.2 Å². The van der Waals surface area contributed by atoms with Gasteiger partial charge in [-0.3, -0.25) is 9.59 Å². The van der Waals surface area contributed by atoms with E-state index in [0.717, 1.165) is 5.69 Å². The van der Waals surface area contributed by atoms with Crippen molar-refractivity contribution >= 4 is 28.9 Å². The Balaban J connectivity index is 1.71. The lowest BCUT2D eigenvalue weighted by molar-refractivity contribution is 0.102. The van der Waals surface area contributed by atoms with Crippen molar-refractivity contribution in [2.45, 2.75) is 0 Å². The van der Waals surface area contributed by atoms with E-state index in [4.69, 9.17) is 5.26 Å². The molecule has 0 saturated carbocycles. The number of benzene rings is 3. The average molecular weight is 384 g/mol. The standard InChI is InChI=1S/C23H20N4O2/c1-27(2)21-11-9-19(10-12-21)25-22(28)17-6-4-7-18(14-17)23(29)26-20-8-3-5-16(13-20)15-24/h3-14H,1-2H3,(H,25,28)(H,26,29). The van der Waals surface area contributed by atoms with Gasteiger partial charge in [0.2, 0.25) is 0 Å². The van der Waals surface area contributed by atoms with E-state index in [2.05, 4.69) is 10.6 Å². The fourth-order valence-electron chi connectivity index (χ4n) is 2.72. The van der Waals surface area contributed by atoms with E-state index in [1.807, 2.05) is 49.3 Å². The first kappa shape index (κ1) is 19.6. The third kappa shape index (κ3) is 4.99. The Bertz CT molecular complexity index is 1080. The first-order valence-electron chi connectivity index (χ1n) is 8.96. The van der Waals surface area contributed by atoms with Gasteiger partial charge >= 0.3 is 0 Å². The zero-order valence-electron chi connectivity index (χ0n) is 16.1. The van der Waals surface area contributed by atoms with E-state index >= 15 is 0 Å². The second-order valence-corrected chi connectivity index (χ2v) is 6.62. The lowest BCUT2D eigenvalue weighted by Gasteiger charge is -2.13. The SMILES string of the molecule is CN(C)c1ccc(NC(=O)c2cccc(C(=O)Nc3cccc(C#N)c3)c2)cc1. The van der Waals surface area contributed by atoms with Crippen molar-refractivity contribution in [2.75, 3.05) is 29.6 Å². The van der Waals surface area contributed by atoms with Crippen LogP contribution in [0, 0.1) is 11.3 Å². The highest BCUT2D eigenvalue weighted by atomic mass is 16.2. The lowest BCUT2D eigenvalue weighted by atomic mass is 10.1. The number of amides is 2. The maximum Gasteiger partial charge on any atom is 0.255 e. The van der Waals surface area contributed by atoms with Crippen molar-refractivity contribution in [1.82, 2.24) is 0 Å². The molecule has 144 valence electrons. The lowest BCUT2D eigenvalue weighted by Crippen LogP contribution is -2.15. The molecule has 0 saturated heterocycles. The summed E-state index contributed by atoms with van der Waals surface area (Å²) >= 11 is 0. The second kappa shape index (κ2) is 8.72. The van der Waals surface area contributed by atoms with Crippen LogP contribution >= 0.6 is 0 Å². The maximum atomic E-state index is 12.6. The molecular weight excluding hydrogens is 364 g/mol. The molecule has 0 spiro atoms. The largest absolute Gasteiger partial charge is 0.378 e. The van der Waals surface area contributed by atoms with Crippen molar-refractivity contribution in [3.63, 3.8) is 0 Å². The molecule has 3 aromatic carbocycles. The van der Waals surface area contributed by atoms with Crippen molar-refractivity contribution in [3.8, 4) is 6.07 Å². The Morgan fingerprint density at radius 2 is 1.38 bits per heavy atom. The fraction of sp³-hybridized carbons (Fsp3) is 0.0870.